The highest BCUT2D eigenvalue weighted by Gasteiger charge is 2.13. The van der Waals surface area contributed by atoms with Crippen molar-refractivity contribution in [2.75, 3.05) is 0 Å². The highest BCUT2D eigenvalue weighted by molar-refractivity contribution is 7.15. The monoisotopic (exact) mass is 298 g/mol. The SMILES string of the molecule is O=c1cc(O)n(-c2cn3c(-c4ccccc4)csc3n2)[nH]1. The third-order valence-corrected chi connectivity index (χ3v) is 4.05. The normalized spacial score (nSPS) is 11.2. The molecule has 4 aromatic rings. The van der Waals surface area contributed by atoms with Crippen molar-refractivity contribution in [2.45, 2.75) is 0 Å². The summed E-state index contributed by atoms with van der Waals surface area (Å²) in [5.41, 5.74) is 1.73. The molecule has 1 aromatic carbocycles. The van der Waals surface area contributed by atoms with Crippen LogP contribution in [0.1, 0.15) is 0 Å². The summed E-state index contributed by atoms with van der Waals surface area (Å²) in [5.74, 6) is 0.311. The smallest absolute Gasteiger partial charge is 0.268 e. The van der Waals surface area contributed by atoms with E-state index < -0.39 is 0 Å². The Kier molecular flexibility index (Phi) is 2.48. The molecular formula is C14H10N4O2S. The van der Waals surface area contributed by atoms with Gasteiger partial charge in [0.2, 0.25) is 5.88 Å². The van der Waals surface area contributed by atoms with E-state index in [9.17, 15) is 9.90 Å². The zero-order valence-corrected chi connectivity index (χ0v) is 11.5. The summed E-state index contributed by atoms with van der Waals surface area (Å²) in [5, 5.41) is 14.3. The van der Waals surface area contributed by atoms with Gasteiger partial charge in [-0.25, -0.2) is 4.68 Å². The minimum atomic E-state index is -0.368. The van der Waals surface area contributed by atoms with E-state index in [1.54, 1.807) is 6.20 Å². The van der Waals surface area contributed by atoms with E-state index in [0.29, 0.717) is 5.82 Å². The Balaban J connectivity index is 1.90. The first-order valence-electron chi connectivity index (χ1n) is 6.26. The summed E-state index contributed by atoms with van der Waals surface area (Å²) in [7, 11) is 0. The van der Waals surface area contributed by atoms with Crippen LogP contribution >= 0.6 is 11.3 Å². The topological polar surface area (TPSA) is 75.3 Å². The van der Waals surface area contributed by atoms with Gasteiger partial charge < -0.3 is 5.11 Å². The van der Waals surface area contributed by atoms with E-state index in [0.717, 1.165) is 22.3 Å². The number of hydrogen-bond acceptors (Lipinski definition) is 4. The molecule has 0 fully saturated rings. The largest absolute Gasteiger partial charge is 0.493 e. The fourth-order valence-electron chi connectivity index (χ4n) is 2.25. The van der Waals surface area contributed by atoms with Gasteiger partial charge in [0.25, 0.3) is 5.56 Å². The van der Waals surface area contributed by atoms with Crippen LogP contribution in [0.4, 0.5) is 0 Å². The van der Waals surface area contributed by atoms with Gasteiger partial charge in [-0.3, -0.25) is 14.3 Å². The summed E-state index contributed by atoms with van der Waals surface area (Å²) in [6, 6.07) is 11.1. The number of aromatic nitrogens is 4. The minimum absolute atomic E-state index is 0.160. The third kappa shape index (κ3) is 1.86. The lowest BCUT2D eigenvalue weighted by atomic mass is 10.2. The fourth-order valence-corrected chi connectivity index (χ4v) is 3.13. The van der Waals surface area contributed by atoms with Gasteiger partial charge in [0.15, 0.2) is 10.8 Å². The molecule has 0 aliphatic carbocycles. The zero-order chi connectivity index (χ0) is 14.4. The molecule has 2 N–H and O–H groups in total. The van der Waals surface area contributed by atoms with Crippen molar-refractivity contribution < 1.29 is 5.11 Å². The van der Waals surface area contributed by atoms with Gasteiger partial charge in [-0.15, -0.1) is 11.3 Å². The molecule has 0 radical (unpaired) electrons. The Morgan fingerprint density at radius 1 is 1.24 bits per heavy atom. The van der Waals surface area contributed by atoms with E-state index in [1.165, 1.54) is 16.0 Å². The lowest BCUT2D eigenvalue weighted by molar-refractivity contribution is 0.432. The highest BCUT2D eigenvalue weighted by Crippen LogP contribution is 2.27. The highest BCUT2D eigenvalue weighted by atomic mass is 32.1. The zero-order valence-electron chi connectivity index (χ0n) is 10.7. The lowest BCUT2D eigenvalue weighted by Crippen LogP contribution is -2.03. The second-order valence-corrected chi connectivity index (χ2v) is 5.39. The number of hydrogen-bond donors (Lipinski definition) is 2. The van der Waals surface area contributed by atoms with Crippen molar-refractivity contribution in [3.05, 3.63) is 58.3 Å². The molecule has 0 saturated carbocycles. The molecule has 0 bridgehead atoms. The van der Waals surface area contributed by atoms with E-state index in [4.69, 9.17) is 0 Å². The molecule has 0 aliphatic heterocycles. The molecule has 3 heterocycles. The van der Waals surface area contributed by atoms with E-state index in [-0.39, 0.29) is 11.4 Å². The Hall–Kier alpha value is -2.80. The number of aromatic hydroxyl groups is 1. The van der Waals surface area contributed by atoms with Crippen molar-refractivity contribution in [3.63, 3.8) is 0 Å². The molecule has 0 amide bonds. The first kappa shape index (κ1) is 12.0. The molecular weight excluding hydrogens is 288 g/mol. The predicted molar refractivity (Wildman–Crippen MR) is 80.1 cm³/mol. The van der Waals surface area contributed by atoms with Crippen molar-refractivity contribution >= 4 is 16.3 Å². The number of rotatable bonds is 2. The second kappa shape index (κ2) is 4.35. The maximum Gasteiger partial charge on any atom is 0.268 e. The molecule has 0 atom stereocenters. The van der Waals surface area contributed by atoms with Crippen LogP contribution in [0, 0.1) is 0 Å². The van der Waals surface area contributed by atoms with Crippen LogP contribution in [-0.2, 0) is 0 Å². The summed E-state index contributed by atoms with van der Waals surface area (Å²) in [4.78, 5) is 16.5. The predicted octanol–water partition coefficient (Wildman–Crippen LogP) is 2.25. The van der Waals surface area contributed by atoms with Gasteiger partial charge in [0.1, 0.15) is 0 Å². The maximum atomic E-state index is 11.3. The lowest BCUT2D eigenvalue weighted by Gasteiger charge is -1.99. The number of aromatic amines is 1. The first-order valence-corrected chi connectivity index (χ1v) is 7.14. The van der Waals surface area contributed by atoms with Crippen LogP contribution in [0.5, 0.6) is 5.88 Å². The Morgan fingerprint density at radius 3 is 2.76 bits per heavy atom. The average Bonchev–Trinajstić information content (AvgIpc) is 3.13. The summed E-state index contributed by atoms with van der Waals surface area (Å²) in [6.07, 6.45) is 1.78. The van der Waals surface area contributed by atoms with Crippen LogP contribution in [0.15, 0.2) is 52.8 Å². The maximum absolute atomic E-state index is 11.3. The average molecular weight is 298 g/mol. The van der Waals surface area contributed by atoms with Crippen LogP contribution in [-0.4, -0.2) is 24.3 Å². The first-order chi connectivity index (χ1) is 10.2. The van der Waals surface area contributed by atoms with E-state index >= 15 is 0 Å². The molecule has 6 nitrogen and oxygen atoms in total. The fraction of sp³-hybridized carbons (Fsp3) is 0. The van der Waals surface area contributed by atoms with Crippen LogP contribution in [0.2, 0.25) is 0 Å². The van der Waals surface area contributed by atoms with Gasteiger partial charge in [-0.1, -0.05) is 30.3 Å². The standard InChI is InChI=1S/C14H10N4O2S/c19-12-6-13(20)18(16-12)11-7-17-10(8-21-14(17)15-11)9-4-2-1-3-5-9/h1-8,20H,(H,16,19). The molecule has 4 rings (SSSR count). The minimum Gasteiger partial charge on any atom is -0.493 e. The molecule has 0 unspecified atom stereocenters. The summed E-state index contributed by atoms with van der Waals surface area (Å²) in [6.45, 7) is 0. The number of imidazole rings is 1. The number of fused-ring (bicyclic) bond motifs is 1. The second-order valence-electron chi connectivity index (χ2n) is 4.55. The van der Waals surface area contributed by atoms with Gasteiger partial charge in [-0.2, -0.15) is 4.98 Å². The van der Waals surface area contributed by atoms with Gasteiger partial charge in [0, 0.05) is 5.38 Å². The Bertz CT molecular complexity index is 977. The molecule has 104 valence electrons. The number of nitrogens with zero attached hydrogens (tertiary/aromatic N) is 3. The van der Waals surface area contributed by atoms with Crippen molar-refractivity contribution in [3.8, 4) is 23.0 Å². The summed E-state index contributed by atoms with van der Waals surface area (Å²) < 4.78 is 3.20. The van der Waals surface area contributed by atoms with Crippen molar-refractivity contribution in [1.82, 2.24) is 19.2 Å². The quantitative estimate of drug-likeness (QED) is 0.596. The van der Waals surface area contributed by atoms with Crippen LogP contribution < -0.4 is 5.56 Å². The molecule has 0 spiro atoms. The van der Waals surface area contributed by atoms with Crippen LogP contribution in [0.25, 0.3) is 22.0 Å². The van der Waals surface area contributed by atoms with Crippen molar-refractivity contribution in [1.29, 1.82) is 0 Å². The molecule has 7 heteroatoms. The summed E-state index contributed by atoms with van der Waals surface area (Å²) >= 11 is 1.50. The number of benzene rings is 1. The molecule has 0 aliphatic rings. The molecule has 21 heavy (non-hydrogen) atoms. The van der Waals surface area contributed by atoms with Gasteiger partial charge in [-0.05, 0) is 5.56 Å². The molecule has 0 saturated heterocycles. The van der Waals surface area contributed by atoms with E-state index in [1.807, 2.05) is 40.1 Å². The van der Waals surface area contributed by atoms with Gasteiger partial charge in [0.05, 0.1) is 18.0 Å². The Labute approximate surface area is 122 Å². The van der Waals surface area contributed by atoms with E-state index in [2.05, 4.69) is 10.1 Å². The van der Waals surface area contributed by atoms with Crippen molar-refractivity contribution in [2.24, 2.45) is 0 Å². The molecule has 3 aromatic heterocycles. The Morgan fingerprint density at radius 2 is 2.05 bits per heavy atom. The number of nitrogens with one attached hydrogen (secondary N) is 1. The number of thiazole rings is 1. The third-order valence-electron chi connectivity index (χ3n) is 3.21. The van der Waals surface area contributed by atoms with Crippen LogP contribution in [0.3, 0.4) is 0 Å². The number of H-pyrrole nitrogens is 1. The van der Waals surface area contributed by atoms with Gasteiger partial charge >= 0.3 is 0 Å².